The van der Waals surface area contributed by atoms with Crippen molar-refractivity contribution in [2.24, 2.45) is 5.18 Å². The van der Waals surface area contributed by atoms with Crippen molar-refractivity contribution < 1.29 is 4.39 Å². The van der Waals surface area contributed by atoms with E-state index < -0.39 is 5.54 Å². The van der Waals surface area contributed by atoms with Gasteiger partial charge in [-0.1, -0.05) is 30.0 Å². The van der Waals surface area contributed by atoms with Crippen LogP contribution in [-0.2, 0) is 6.42 Å². The molecule has 22 heavy (non-hydrogen) atoms. The fourth-order valence-corrected chi connectivity index (χ4v) is 2.12. The van der Waals surface area contributed by atoms with E-state index in [1.54, 1.807) is 32.2 Å². The summed E-state index contributed by atoms with van der Waals surface area (Å²) in [5, 5.41) is 3.12. The van der Waals surface area contributed by atoms with Crippen LogP contribution in [0.4, 0.5) is 4.39 Å². The van der Waals surface area contributed by atoms with Gasteiger partial charge in [0.05, 0.1) is 5.69 Å². The number of aromatic nitrogens is 1. The van der Waals surface area contributed by atoms with Gasteiger partial charge in [-0.3, -0.25) is 4.98 Å². The van der Waals surface area contributed by atoms with Gasteiger partial charge in [-0.15, -0.1) is 4.91 Å². The minimum Gasteiger partial charge on any atom is -0.256 e. The number of pyridine rings is 1. The van der Waals surface area contributed by atoms with E-state index in [1.807, 2.05) is 19.1 Å². The van der Waals surface area contributed by atoms with Crippen LogP contribution in [0.3, 0.4) is 0 Å². The smallest absolute Gasteiger partial charge is 0.127 e. The third kappa shape index (κ3) is 3.27. The van der Waals surface area contributed by atoms with E-state index >= 15 is 0 Å². The van der Waals surface area contributed by atoms with E-state index in [0.717, 1.165) is 5.56 Å². The first kappa shape index (κ1) is 16.0. The van der Waals surface area contributed by atoms with Crippen LogP contribution in [0.1, 0.15) is 25.0 Å². The summed E-state index contributed by atoms with van der Waals surface area (Å²) >= 11 is 0. The highest BCUT2D eigenvalue weighted by molar-refractivity contribution is 5.59. The molecule has 2 aromatic rings. The highest BCUT2D eigenvalue weighted by Crippen LogP contribution is 2.28. The van der Waals surface area contributed by atoms with Crippen molar-refractivity contribution in [1.29, 1.82) is 0 Å². The molecule has 0 spiro atoms. The molecule has 1 unspecified atom stereocenters. The van der Waals surface area contributed by atoms with Gasteiger partial charge in [0.2, 0.25) is 0 Å². The molecule has 0 aliphatic heterocycles. The van der Waals surface area contributed by atoms with Crippen LogP contribution in [0.15, 0.2) is 53.9 Å². The Kier molecular flexibility index (Phi) is 4.50. The molecule has 1 atom stereocenters. The van der Waals surface area contributed by atoms with Crippen molar-refractivity contribution in [3.8, 4) is 11.3 Å². The minimum absolute atomic E-state index is 0.194. The average molecular weight is 298 g/mol. The Bertz CT molecular complexity index is 710. The lowest BCUT2D eigenvalue weighted by Gasteiger charge is -2.22. The number of rotatable bonds is 5. The molecule has 0 amide bonds. The van der Waals surface area contributed by atoms with Gasteiger partial charge in [0.1, 0.15) is 11.4 Å². The molecule has 0 aliphatic rings. The van der Waals surface area contributed by atoms with Crippen LogP contribution in [0.25, 0.3) is 11.3 Å². The fraction of sp³-hybridized carbons (Fsp3) is 0.278. The van der Waals surface area contributed by atoms with Crippen molar-refractivity contribution in [2.75, 3.05) is 0 Å². The summed E-state index contributed by atoms with van der Waals surface area (Å²) in [6, 6.07) is 8.71. The monoisotopic (exact) mass is 298 g/mol. The van der Waals surface area contributed by atoms with Gasteiger partial charge in [-0.05, 0) is 49.6 Å². The van der Waals surface area contributed by atoms with Crippen LogP contribution in [0.2, 0.25) is 0 Å². The largest absolute Gasteiger partial charge is 0.256 e. The predicted octanol–water partition coefficient (Wildman–Crippen LogP) is 4.84. The maximum Gasteiger partial charge on any atom is 0.127 e. The number of hydrogen-bond acceptors (Lipinski definition) is 3. The number of hydrogen-bond donors (Lipinski definition) is 0. The second kappa shape index (κ2) is 6.18. The molecule has 4 heteroatoms. The Morgan fingerprint density at radius 3 is 2.59 bits per heavy atom. The molecule has 2 rings (SSSR count). The molecule has 0 aliphatic carbocycles. The number of benzene rings is 1. The van der Waals surface area contributed by atoms with E-state index in [-0.39, 0.29) is 12.2 Å². The summed E-state index contributed by atoms with van der Waals surface area (Å²) in [6.07, 6.45) is 1.94. The Labute approximate surface area is 129 Å². The average Bonchev–Trinajstić information content (AvgIpc) is 2.49. The highest BCUT2D eigenvalue weighted by atomic mass is 19.1. The summed E-state index contributed by atoms with van der Waals surface area (Å²) in [5.74, 6) is -0.365. The van der Waals surface area contributed by atoms with Crippen LogP contribution < -0.4 is 0 Å². The van der Waals surface area contributed by atoms with Gasteiger partial charge >= 0.3 is 0 Å². The van der Waals surface area contributed by atoms with Crippen molar-refractivity contribution in [2.45, 2.75) is 32.7 Å². The number of aryl methyl sites for hydroxylation is 1. The number of nitroso groups, excluding NO2 is 1. The summed E-state index contributed by atoms with van der Waals surface area (Å²) in [6.45, 7) is 9.11. The summed E-state index contributed by atoms with van der Waals surface area (Å²) in [5.41, 5.74) is 2.54. The van der Waals surface area contributed by atoms with Gasteiger partial charge in [0, 0.05) is 18.2 Å². The second-order valence-corrected chi connectivity index (χ2v) is 5.85. The number of halogens is 1. The van der Waals surface area contributed by atoms with Crippen LogP contribution in [0, 0.1) is 17.6 Å². The normalized spacial score (nSPS) is 13.5. The van der Waals surface area contributed by atoms with Crippen molar-refractivity contribution in [3.63, 3.8) is 0 Å². The molecule has 1 aromatic carbocycles. The van der Waals surface area contributed by atoms with E-state index in [0.29, 0.717) is 22.4 Å². The Morgan fingerprint density at radius 1 is 1.36 bits per heavy atom. The third-order valence-corrected chi connectivity index (χ3v) is 3.92. The van der Waals surface area contributed by atoms with Gasteiger partial charge in [0.15, 0.2) is 0 Å². The molecule has 0 bridgehead atoms. The Hall–Kier alpha value is -2.36. The maximum absolute atomic E-state index is 14.3. The first-order valence-electron chi connectivity index (χ1n) is 7.08. The van der Waals surface area contributed by atoms with E-state index in [9.17, 15) is 9.30 Å². The molecule has 1 aromatic heterocycles. The van der Waals surface area contributed by atoms with Gasteiger partial charge in [0.25, 0.3) is 0 Å². The SMILES string of the molecule is C=C(C)C(C)(Cc1ccc(-c2ccc(C)cn2)cc1F)N=O. The molecular weight excluding hydrogens is 279 g/mol. The zero-order valence-corrected chi connectivity index (χ0v) is 13.1. The molecule has 114 valence electrons. The Balaban J connectivity index is 2.32. The minimum atomic E-state index is -0.996. The molecule has 3 nitrogen and oxygen atoms in total. The lowest BCUT2D eigenvalue weighted by Crippen LogP contribution is -2.26. The molecule has 0 fully saturated rings. The van der Waals surface area contributed by atoms with Gasteiger partial charge < -0.3 is 0 Å². The van der Waals surface area contributed by atoms with Crippen molar-refractivity contribution in [3.05, 3.63) is 70.5 Å². The molecule has 0 N–H and O–H groups in total. The zero-order chi connectivity index (χ0) is 16.3. The topological polar surface area (TPSA) is 42.3 Å². The van der Waals surface area contributed by atoms with Crippen LogP contribution in [0.5, 0.6) is 0 Å². The van der Waals surface area contributed by atoms with Crippen LogP contribution in [-0.4, -0.2) is 10.5 Å². The molecular formula is C18H19FN2O. The summed E-state index contributed by atoms with van der Waals surface area (Å²) in [7, 11) is 0. The standard InChI is InChI=1S/C18H19FN2O/c1-12(2)18(4,21-22)10-15-7-6-14(9-16(15)19)17-8-5-13(3)11-20-17/h5-9,11H,1,10H2,2-4H3. The quantitative estimate of drug-likeness (QED) is 0.585. The molecule has 0 saturated carbocycles. The molecule has 0 saturated heterocycles. The van der Waals surface area contributed by atoms with Crippen molar-refractivity contribution in [1.82, 2.24) is 4.98 Å². The lowest BCUT2D eigenvalue weighted by molar-refractivity contribution is 0.521. The van der Waals surface area contributed by atoms with E-state index in [2.05, 4.69) is 16.7 Å². The zero-order valence-electron chi connectivity index (χ0n) is 13.1. The second-order valence-electron chi connectivity index (χ2n) is 5.85. The van der Waals surface area contributed by atoms with Crippen molar-refractivity contribution >= 4 is 0 Å². The van der Waals surface area contributed by atoms with E-state index in [1.165, 1.54) is 6.07 Å². The van der Waals surface area contributed by atoms with Gasteiger partial charge in [-0.25, -0.2) is 4.39 Å². The highest BCUT2D eigenvalue weighted by Gasteiger charge is 2.28. The maximum atomic E-state index is 14.3. The van der Waals surface area contributed by atoms with Crippen LogP contribution >= 0.6 is 0 Å². The molecule has 0 radical (unpaired) electrons. The summed E-state index contributed by atoms with van der Waals surface area (Å²) < 4.78 is 14.3. The Morgan fingerprint density at radius 2 is 2.09 bits per heavy atom. The number of nitrogens with zero attached hydrogens (tertiary/aromatic N) is 2. The van der Waals surface area contributed by atoms with Gasteiger partial charge in [-0.2, -0.15) is 0 Å². The lowest BCUT2D eigenvalue weighted by atomic mass is 9.87. The third-order valence-electron chi connectivity index (χ3n) is 3.92. The van der Waals surface area contributed by atoms with E-state index in [4.69, 9.17) is 0 Å². The predicted molar refractivity (Wildman–Crippen MR) is 87.1 cm³/mol. The molecule has 1 heterocycles. The fourth-order valence-electron chi connectivity index (χ4n) is 2.12. The first-order chi connectivity index (χ1) is 10.4. The first-order valence-corrected chi connectivity index (χ1v) is 7.08. The summed E-state index contributed by atoms with van der Waals surface area (Å²) in [4.78, 5) is 15.3.